The van der Waals surface area contributed by atoms with Crippen molar-refractivity contribution < 1.29 is 14.3 Å². The highest BCUT2D eigenvalue weighted by molar-refractivity contribution is 5.73. The van der Waals surface area contributed by atoms with E-state index in [2.05, 4.69) is 17.0 Å². The third-order valence-corrected chi connectivity index (χ3v) is 2.49. The highest BCUT2D eigenvalue weighted by Crippen LogP contribution is 2.20. The molecule has 0 saturated heterocycles. The molecule has 1 N–H and O–H groups in total. The number of benzene rings is 1. The number of carbonyl (C=O) groups excluding carboxylic acids is 1. The Morgan fingerprint density at radius 1 is 1.35 bits per heavy atom. The van der Waals surface area contributed by atoms with Crippen molar-refractivity contribution in [2.24, 2.45) is 0 Å². The van der Waals surface area contributed by atoms with Crippen LogP contribution in [0.15, 0.2) is 18.2 Å². The van der Waals surface area contributed by atoms with Gasteiger partial charge in [-0.3, -0.25) is 4.79 Å². The maximum absolute atomic E-state index is 11.3. The minimum absolute atomic E-state index is 0.236. The third kappa shape index (κ3) is 4.07. The van der Waals surface area contributed by atoms with Crippen molar-refractivity contribution in [2.75, 3.05) is 20.8 Å². The summed E-state index contributed by atoms with van der Waals surface area (Å²) >= 11 is 0. The number of hydrogen-bond acceptors (Lipinski definition) is 4. The molecule has 1 aromatic rings. The second-order valence-corrected chi connectivity index (χ2v) is 3.68. The normalized spacial score (nSPS) is 10.1. The molecule has 0 saturated carbocycles. The number of ether oxygens (including phenoxy) is 2. The van der Waals surface area contributed by atoms with Crippen LogP contribution in [0.2, 0.25) is 0 Å². The molecule has 1 aromatic carbocycles. The second-order valence-electron chi connectivity index (χ2n) is 3.68. The van der Waals surface area contributed by atoms with Gasteiger partial charge in [0.25, 0.3) is 0 Å². The molecule has 0 amide bonds. The van der Waals surface area contributed by atoms with Crippen molar-refractivity contribution in [3.05, 3.63) is 29.3 Å². The molecular formula is C13H19NO3. The Kier molecular flexibility index (Phi) is 5.49. The van der Waals surface area contributed by atoms with Crippen LogP contribution < -0.4 is 10.1 Å². The van der Waals surface area contributed by atoms with Crippen LogP contribution in [0.25, 0.3) is 0 Å². The van der Waals surface area contributed by atoms with Gasteiger partial charge in [0, 0.05) is 12.1 Å². The van der Waals surface area contributed by atoms with E-state index in [0.717, 1.165) is 30.0 Å². The van der Waals surface area contributed by atoms with Crippen LogP contribution in [0.4, 0.5) is 0 Å². The topological polar surface area (TPSA) is 47.6 Å². The van der Waals surface area contributed by atoms with E-state index in [-0.39, 0.29) is 12.4 Å². The summed E-state index contributed by atoms with van der Waals surface area (Å²) in [6.07, 6.45) is 0.236. The molecule has 0 atom stereocenters. The van der Waals surface area contributed by atoms with Gasteiger partial charge in [-0.2, -0.15) is 0 Å². The summed E-state index contributed by atoms with van der Waals surface area (Å²) in [6, 6.07) is 5.84. The van der Waals surface area contributed by atoms with Gasteiger partial charge in [0.15, 0.2) is 0 Å². The Morgan fingerprint density at radius 2 is 2.12 bits per heavy atom. The molecule has 0 heterocycles. The Morgan fingerprint density at radius 3 is 2.71 bits per heavy atom. The maximum atomic E-state index is 11.3. The number of esters is 1. The molecule has 0 aliphatic rings. The van der Waals surface area contributed by atoms with Crippen molar-refractivity contribution in [1.29, 1.82) is 0 Å². The fourth-order valence-corrected chi connectivity index (χ4v) is 1.58. The Balaban J connectivity index is 2.85. The quantitative estimate of drug-likeness (QED) is 0.762. The molecule has 0 unspecified atom stereocenters. The van der Waals surface area contributed by atoms with Crippen LogP contribution in [-0.4, -0.2) is 26.7 Å². The van der Waals surface area contributed by atoms with E-state index in [1.807, 2.05) is 18.2 Å². The van der Waals surface area contributed by atoms with Crippen LogP contribution >= 0.6 is 0 Å². The van der Waals surface area contributed by atoms with Gasteiger partial charge in [0.2, 0.25) is 0 Å². The molecule has 17 heavy (non-hydrogen) atoms. The lowest BCUT2D eigenvalue weighted by Crippen LogP contribution is -2.12. The number of rotatable bonds is 6. The summed E-state index contributed by atoms with van der Waals surface area (Å²) < 4.78 is 9.89. The standard InChI is InChI=1S/C13H19NO3/c1-4-14-9-10-5-6-12(16-2)11(7-10)8-13(15)17-3/h5-7,14H,4,8-9H2,1-3H3. The average molecular weight is 237 g/mol. The minimum Gasteiger partial charge on any atom is -0.496 e. The first-order valence-corrected chi connectivity index (χ1v) is 5.64. The fraction of sp³-hybridized carbons (Fsp3) is 0.462. The van der Waals surface area contributed by atoms with Crippen molar-refractivity contribution in [2.45, 2.75) is 19.9 Å². The zero-order valence-electron chi connectivity index (χ0n) is 10.6. The summed E-state index contributed by atoms with van der Waals surface area (Å²) in [5, 5.41) is 3.24. The van der Waals surface area contributed by atoms with E-state index in [1.54, 1.807) is 7.11 Å². The molecule has 4 heteroatoms. The molecule has 0 fully saturated rings. The van der Waals surface area contributed by atoms with Gasteiger partial charge >= 0.3 is 5.97 Å². The molecule has 0 radical (unpaired) electrons. The van der Waals surface area contributed by atoms with E-state index in [9.17, 15) is 4.79 Å². The summed E-state index contributed by atoms with van der Waals surface area (Å²) in [5.74, 6) is 0.458. The van der Waals surface area contributed by atoms with Crippen molar-refractivity contribution in [1.82, 2.24) is 5.32 Å². The van der Waals surface area contributed by atoms with E-state index >= 15 is 0 Å². The summed E-state index contributed by atoms with van der Waals surface area (Å²) in [5.41, 5.74) is 1.99. The van der Waals surface area contributed by atoms with Crippen molar-refractivity contribution >= 4 is 5.97 Å². The summed E-state index contributed by atoms with van der Waals surface area (Å²) in [4.78, 5) is 11.3. The van der Waals surface area contributed by atoms with Gasteiger partial charge in [0.1, 0.15) is 5.75 Å². The molecule has 1 rings (SSSR count). The maximum Gasteiger partial charge on any atom is 0.310 e. The average Bonchev–Trinajstić information content (AvgIpc) is 2.36. The molecule has 0 spiro atoms. The minimum atomic E-state index is -0.260. The lowest BCUT2D eigenvalue weighted by Gasteiger charge is -2.10. The molecule has 0 aliphatic carbocycles. The fourth-order valence-electron chi connectivity index (χ4n) is 1.58. The molecule has 94 valence electrons. The van der Waals surface area contributed by atoms with Crippen molar-refractivity contribution in [3.8, 4) is 5.75 Å². The molecule has 0 aromatic heterocycles. The molecule has 0 aliphatic heterocycles. The smallest absolute Gasteiger partial charge is 0.310 e. The number of methoxy groups -OCH3 is 2. The molecule has 0 bridgehead atoms. The van der Waals surface area contributed by atoms with Crippen LogP contribution in [0, 0.1) is 0 Å². The van der Waals surface area contributed by atoms with Gasteiger partial charge in [-0.15, -0.1) is 0 Å². The van der Waals surface area contributed by atoms with Gasteiger partial charge in [-0.1, -0.05) is 19.1 Å². The van der Waals surface area contributed by atoms with E-state index < -0.39 is 0 Å². The zero-order chi connectivity index (χ0) is 12.7. The third-order valence-electron chi connectivity index (χ3n) is 2.49. The molecule has 4 nitrogen and oxygen atoms in total. The van der Waals surface area contributed by atoms with Crippen LogP contribution in [0.3, 0.4) is 0 Å². The van der Waals surface area contributed by atoms with Crippen LogP contribution in [0.5, 0.6) is 5.75 Å². The number of hydrogen-bond donors (Lipinski definition) is 1. The number of carbonyl (C=O) groups is 1. The van der Waals surface area contributed by atoms with Crippen molar-refractivity contribution in [3.63, 3.8) is 0 Å². The summed E-state index contributed by atoms with van der Waals surface area (Å²) in [6.45, 7) is 3.76. The number of nitrogens with one attached hydrogen (secondary N) is 1. The van der Waals surface area contributed by atoms with Gasteiger partial charge in [0.05, 0.1) is 20.6 Å². The van der Waals surface area contributed by atoms with E-state index in [0.29, 0.717) is 0 Å². The first-order valence-electron chi connectivity index (χ1n) is 5.64. The van der Waals surface area contributed by atoms with Crippen LogP contribution in [-0.2, 0) is 22.5 Å². The van der Waals surface area contributed by atoms with Gasteiger partial charge < -0.3 is 14.8 Å². The lowest BCUT2D eigenvalue weighted by molar-refractivity contribution is -0.139. The lowest BCUT2D eigenvalue weighted by atomic mass is 10.1. The Hall–Kier alpha value is -1.55. The SMILES string of the molecule is CCNCc1ccc(OC)c(CC(=O)OC)c1. The van der Waals surface area contributed by atoms with E-state index in [4.69, 9.17) is 4.74 Å². The predicted octanol–water partition coefficient (Wildman–Crippen LogP) is 1.52. The largest absolute Gasteiger partial charge is 0.496 e. The first-order chi connectivity index (χ1) is 8.21. The second kappa shape index (κ2) is 6.91. The Bertz CT molecular complexity index is 377. The van der Waals surface area contributed by atoms with Gasteiger partial charge in [-0.05, 0) is 18.2 Å². The summed E-state index contributed by atoms with van der Waals surface area (Å²) in [7, 11) is 2.98. The molecular weight excluding hydrogens is 218 g/mol. The highest BCUT2D eigenvalue weighted by Gasteiger charge is 2.09. The highest BCUT2D eigenvalue weighted by atomic mass is 16.5. The monoisotopic (exact) mass is 237 g/mol. The van der Waals surface area contributed by atoms with Gasteiger partial charge in [-0.25, -0.2) is 0 Å². The Labute approximate surface area is 102 Å². The predicted molar refractivity (Wildman–Crippen MR) is 66.1 cm³/mol. The first kappa shape index (κ1) is 13.5. The zero-order valence-corrected chi connectivity index (χ0v) is 10.6. The van der Waals surface area contributed by atoms with Crippen LogP contribution in [0.1, 0.15) is 18.1 Å². The van der Waals surface area contributed by atoms with E-state index in [1.165, 1.54) is 7.11 Å².